The average molecular weight is 410 g/mol. The lowest BCUT2D eigenvalue weighted by Gasteiger charge is -2.14. The van der Waals surface area contributed by atoms with E-state index in [0.717, 1.165) is 56.8 Å². The smallest absolute Gasteiger partial charge is 0.262 e. The van der Waals surface area contributed by atoms with Crippen molar-refractivity contribution in [1.82, 2.24) is 14.9 Å². The fourth-order valence-electron chi connectivity index (χ4n) is 4.64. The largest absolute Gasteiger partial charge is 0.343 e. The Morgan fingerprint density at radius 3 is 3.00 bits per heavy atom. The SMILES string of the molecule is Cc1c(C(=O)N[C@H]2CC[NH+](Cc3ccccc3)C2)sc2nc3n(c(=O)c12)CCC3. The molecule has 150 valence electrons. The number of aryl methyl sites for hydroxylation is 2. The number of quaternary nitrogens is 1. The molecule has 2 N–H and O–H groups in total. The Bertz CT molecular complexity index is 1140. The molecule has 2 aliphatic heterocycles. The van der Waals surface area contributed by atoms with Crippen LogP contribution in [0.15, 0.2) is 35.1 Å². The van der Waals surface area contributed by atoms with Crippen molar-refractivity contribution in [3.63, 3.8) is 0 Å². The van der Waals surface area contributed by atoms with Gasteiger partial charge in [-0.1, -0.05) is 30.3 Å². The first-order valence-electron chi connectivity index (χ1n) is 10.3. The topological polar surface area (TPSA) is 68.4 Å². The number of nitrogens with one attached hydrogen (secondary N) is 2. The molecule has 3 aromatic rings. The predicted octanol–water partition coefficient (Wildman–Crippen LogP) is 1.30. The van der Waals surface area contributed by atoms with Crippen LogP contribution in [-0.2, 0) is 19.5 Å². The maximum absolute atomic E-state index is 13.0. The van der Waals surface area contributed by atoms with Crippen molar-refractivity contribution in [2.45, 2.75) is 45.3 Å². The molecule has 1 amide bonds. The Balaban J connectivity index is 1.31. The van der Waals surface area contributed by atoms with Gasteiger partial charge in [0.25, 0.3) is 11.5 Å². The molecule has 5 rings (SSSR count). The van der Waals surface area contributed by atoms with Crippen LogP contribution in [-0.4, -0.2) is 34.6 Å². The second-order valence-corrected chi connectivity index (χ2v) is 9.15. The number of nitrogens with zero attached hydrogens (tertiary/aromatic N) is 2. The highest BCUT2D eigenvalue weighted by atomic mass is 32.1. The maximum atomic E-state index is 13.0. The molecule has 0 radical (unpaired) electrons. The Morgan fingerprint density at radius 1 is 1.34 bits per heavy atom. The van der Waals surface area contributed by atoms with E-state index in [0.29, 0.717) is 15.1 Å². The summed E-state index contributed by atoms with van der Waals surface area (Å²) in [5.74, 6) is 0.785. The van der Waals surface area contributed by atoms with Crippen molar-refractivity contribution >= 4 is 27.5 Å². The van der Waals surface area contributed by atoms with E-state index < -0.39 is 0 Å². The number of carbonyl (C=O) groups excluding carboxylic acids is 1. The lowest BCUT2D eigenvalue weighted by Crippen LogP contribution is -3.09. The van der Waals surface area contributed by atoms with Gasteiger partial charge in [0, 0.05) is 24.9 Å². The molecule has 7 heteroatoms. The summed E-state index contributed by atoms with van der Waals surface area (Å²) in [6.45, 7) is 5.58. The van der Waals surface area contributed by atoms with Crippen LogP contribution in [0, 0.1) is 6.92 Å². The van der Waals surface area contributed by atoms with Gasteiger partial charge in [-0.15, -0.1) is 11.3 Å². The van der Waals surface area contributed by atoms with Crippen molar-refractivity contribution in [1.29, 1.82) is 0 Å². The minimum absolute atomic E-state index is 0.00893. The number of thiophene rings is 1. The lowest BCUT2D eigenvalue weighted by atomic mass is 10.2. The van der Waals surface area contributed by atoms with Gasteiger partial charge >= 0.3 is 0 Å². The van der Waals surface area contributed by atoms with Crippen molar-refractivity contribution in [3.05, 3.63) is 62.5 Å². The zero-order valence-electron chi connectivity index (χ0n) is 16.5. The van der Waals surface area contributed by atoms with Gasteiger partial charge in [-0.05, 0) is 18.9 Å². The predicted molar refractivity (Wildman–Crippen MR) is 114 cm³/mol. The van der Waals surface area contributed by atoms with E-state index in [-0.39, 0.29) is 17.5 Å². The van der Waals surface area contributed by atoms with E-state index in [2.05, 4.69) is 34.6 Å². The Hall–Kier alpha value is -2.51. The van der Waals surface area contributed by atoms with Gasteiger partial charge in [0.2, 0.25) is 0 Å². The van der Waals surface area contributed by atoms with E-state index >= 15 is 0 Å². The summed E-state index contributed by atoms with van der Waals surface area (Å²) < 4.78 is 1.77. The van der Waals surface area contributed by atoms with E-state index in [4.69, 9.17) is 0 Å². The molecule has 1 saturated heterocycles. The minimum atomic E-state index is -0.0685. The molecule has 29 heavy (non-hydrogen) atoms. The molecule has 6 nitrogen and oxygen atoms in total. The van der Waals surface area contributed by atoms with E-state index in [9.17, 15) is 9.59 Å². The van der Waals surface area contributed by atoms with Crippen LogP contribution >= 0.6 is 11.3 Å². The summed E-state index contributed by atoms with van der Waals surface area (Å²) in [5, 5.41) is 3.82. The monoisotopic (exact) mass is 409 g/mol. The van der Waals surface area contributed by atoms with Crippen LogP contribution in [0.1, 0.15) is 39.5 Å². The highest BCUT2D eigenvalue weighted by molar-refractivity contribution is 7.20. The van der Waals surface area contributed by atoms with Gasteiger partial charge in [-0.25, -0.2) is 4.98 Å². The third kappa shape index (κ3) is 3.38. The summed E-state index contributed by atoms with van der Waals surface area (Å²) in [6.07, 6.45) is 2.79. The number of rotatable bonds is 4. The normalized spacial score (nSPS) is 20.9. The highest BCUT2D eigenvalue weighted by Gasteiger charge is 2.29. The third-order valence-electron chi connectivity index (χ3n) is 6.13. The standard InChI is InChI=1S/C22H24N4O2S/c1-14-18-21(24-17-8-5-10-26(17)22(18)28)29-19(14)20(27)23-16-9-11-25(13-16)12-15-6-3-2-4-7-15/h2-4,6-7,16H,5,8-13H2,1H3,(H,23,27)/p+1/t16-/m0/s1. The molecule has 2 atom stereocenters. The Morgan fingerprint density at radius 2 is 2.17 bits per heavy atom. The number of aromatic nitrogens is 2. The highest BCUT2D eigenvalue weighted by Crippen LogP contribution is 2.28. The van der Waals surface area contributed by atoms with Crippen molar-refractivity contribution in [3.8, 4) is 0 Å². The van der Waals surface area contributed by atoms with Crippen LogP contribution in [0.4, 0.5) is 0 Å². The summed E-state index contributed by atoms with van der Waals surface area (Å²) in [5.41, 5.74) is 2.11. The van der Waals surface area contributed by atoms with Crippen LogP contribution in [0.25, 0.3) is 10.2 Å². The minimum Gasteiger partial charge on any atom is -0.343 e. The van der Waals surface area contributed by atoms with Crippen LogP contribution in [0.2, 0.25) is 0 Å². The maximum Gasteiger partial charge on any atom is 0.262 e. The molecular weight excluding hydrogens is 384 g/mol. The first kappa shape index (κ1) is 18.5. The van der Waals surface area contributed by atoms with Gasteiger partial charge in [0.05, 0.1) is 29.4 Å². The summed E-state index contributed by atoms with van der Waals surface area (Å²) in [6, 6.07) is 10.7. The van der Waals surface area contributed by atoms with E-state index in [1.807, 2.05) is 13.0 Å². The van der Waals surface area contributed by atoms with Gasteiger partial charge in [0.1, 0.15) is 17.2 Å². The van der Waals surface area contributed by atoms with E-state index in [1.54, 1.807) is 4.57 Å². The molecular formula is C22H25N4O2S+. The molecule has 0 aliphatic carbocycles. The molecule has 1 fully saturated rings. The number of carbonyl (C=O) groups is 1. The van der Waals surface area contributed by atoms with Crippen LogP contribution in [0.5, 0.6) is 0 Å². The molecule has 4 heterocycles. The van der Waals surface area contributed by atoms with Gasteiger partial charge < -0.3 is 10.2 Å². The van der Waals surface area contributed by atoms with E-state index in [1.165, 1.54) is 21.8 Å². The molecule has 0 saturated carbocycles. The molecule has 0 spiro atoms. The van der Waals surface area contributed by atoms with Crippen LogP contribution < -0.4 is 15.8 Å². The molecule has 2 aliphatic rings. The zero-order valence-corrected chi connectivity index (χ0v) is 17.3. The van der Waals surface area contributed by atoms with Gasteiger partial charge in [-0.2, -0.15) is 0 Å². The number of amides is 1. The first-order valence-corrected chi connectivity index (χ1v) is 11.1. The van der Waals surface area contributed by atoms with Crippen molar-refractivity contribution in [2.75, 3.05) is 13.1 Å². The van der Waals surface area contributed by atoms with Crippen molar-refractivity contribution in [2.24, 2.45) is 0 Å². The molecule has 2 aromatic heterocycles. The number of benzene rings is 1. The number of hydrogen-bond acceptors (Lipinski definition) is 4. The Labute approximate surface area is 173 Å². The van der Waals surface area contributed by atoms with Gasteiger partial charge in [-0.3, -0.25) is 14.2 Å². The second kappa shape index (κ2) is 7.39. The quantitative estimate of drug-likeness (QED) is 0.683. The van der Waals surface area contributed by atoms with Crippen molar-refractivity contribution < 1.29 is 9.69 Å². The zero-order chi connectivity index (χ0) is 20.0. The number of fused-ring (bicyclic) bond motifs is 2. The summed E-state index contributed by atoms with van der Waals surface area (Å²) >= 11 is 1.36. The lowest BCUT2D eigenvalue weighted by molar-refractivity contribution is -0.901. The summed E-state index contributed by atoms with van der Waals surface area (Å²) in [7, 11) is 0. The summed E-state index contributed by atoms with van der Waals surface area (Å²) in [4.78, 5) is 33.3. The first-order chi connectivity index (χ1) is 14.1. The fraction of sp³-hybridized carbons (Fsp3) is 0.409. The molecule has 1 aromatic carbocycles. The number of hydrogen-bond donors (Lipinski definition) is 2. The third-order valence-corrected chi connectivity index (χ3v) is 7.32. The second-order valence-electron chi connectivity index (χ2n) is 8.15. The average Bonchev–Trinajstić information content (AvgIpc) is 3.43. The molecule has 1 unspecified atom stereocenters. The fourth-order valence-corrected chi connectivity index (χ4v) is 5.74. The van der Waals surface area contributed by atoms with Crippen LogP contribution in [0.3, 0.4) is 0 Å². The Kier molecular flexibility index (Phi) is 4.72. The molecule has 0 bridgehead atoms. The van der Waals surface area contributed by atoms with Gasteiger partial charge in [0.15, 0.2) is 0 Å². The number of likely N-dealkylation sites (tertiary alicyclic amines) is 1.